The number of aryl methyl sites for hydroxylation is 1. The standard InChI is InChI=1S/C20H31N3O2/c1-14-9-5-6-11-18(14)22-19(24)13-15(2)21-17(4)20(25)23-12-8-7-10-16(23)3/h5-6,9,11,15-17,21H,7-8,10,12-13H2,1-4H3,(H,22,24)/t15-,16+,17-/m0/s1. The van der Waals surface area contributed by atoms with Gasteiger partial charge in [0.2, 0.25) is 11.8 Å². The molecule has 0 aromatic heterocycles. The van der Waals surface area contributed by atoms with Crippen molar-refractivity contribution in [2.24, 2.45) is 0 Å². The van der Waals surface area contributed by atoms with E-state index in [4.69, 9.17) is 0 Å². The smallest absolute Gasteiger partial charge is 0.239 e. The summed E-state index contributed by atoms with van der Waals surface area (Å²) in [6.45, 7) is 8.76. The number of carbonyl (C=O) groups excluding carboxylic acids is 2. The molecule has 2 rings (SSSR count). The van der Waals surface area contributed by atoms with Crippen LogP contribution < -0.4 is 10.6 Å². The molecule has 1 aliphatic rings. The summed E-state index contributed by atoms with van der Waals surface area (Å²) in [5.74, 6) is 0.0960. The van der Waals surface area contributed by atoms with Crippen molar-refractivity contribution < 1.29 is 9.59 Å². The van der Waals surface area contributed by atoms with Gasteiger partial charge < -0.3 is 15.5 Å². The quantitative estimate of drug-likeness (QED) is 0.833. The zero-order chi connectivity index (χ0) is 18.4. The van der Waals surface area contributed by atoms with Crippen molar-refractivity contribution >= 4 is 17.5 Å². The summed E-state index contributed by atoms with van der Waals surface area (Å²) >= 11 is 0. The lowest BCUT2D eigenvalue weighted by atomic mass is 10.0. The molecule has 1 aromatic carbocycles. The molecule has 2 amide bonds. The number of hydrogen-bond acceptors (Lipinski definition) is 3. The van der Waals surface area contributed by atoms with Crippen LogP contribution in [0.15, 0.2) is 24.3 Å². The third-order valence-electron chi connectivity index (χ3n) is 4.90. The van der Waals surface area contributed by atoms with Gasteiger partial charge in [0.25, 0.3) is 0 Å². The van der Waals surface area contributed by atoms with Crippen molar-refractivity contribution in [2.45, 2.75) is 71.5 Å². The van der Waals surface area contributed by atoms with Gasteiger partial charge in [0, 0.05) is 30.7 Å². The highest BCUT2D eigenvalue weighted by atomic mass is 16.2. The summed E-state index contributed by atoms with van der Waals surface area (Å²) < 4.78 is 0. The second-order valence-electron chi connectivity index (χ2n) is 7.23. The number of piperidine rings is 1. The molecule has 2 N–H and O–H groups in total. The summed E-state index contributed by atoms with van der Waals surface area (Å²) in [5, 5.41) is 6.22. The predicted molar refractivity (Wildman–Crippen MR) is 102 cm³/mol. The van der Waals surface area contributed by atoms with Crippen LogP contribution in [0, 0.1) is 6.92 Å². The van der Waals surface area contributed by atoms with Crippen LogP contribution >= 0.6 is 0 Å². The van der Waals surface area contributed by atoms with E-state index in [1.165, 1.54) is 6.42 Å². The predicted octanol–water partition coefficient (Wildman–Crippen LogP) is 3.09. The molecule has 1 saturated heterocycles. The van der Waals surface area contributed by atoms with Crippen LogP contribution in [-0.2, 0) is 9.59 Å². The zero-order valence-corrected chi connectivity index (χ0v) is 15.8. The van der Waals surface area contributed by atoms with E-state index in [9.17, 15) is 9.59 Å². The van der Waals surface area contributed by atoms with Crippen molar-refractivity contribution in [1.29, 1.82) is 0 Å². The second-order valence-corrected chi connectivity index (χ2v) is 7.23. The van der Waals surface area contributed by atoms with Gasteiger partial charge in [0.1, 0.15) is 0 Å². The Morgan fingerprint density at radius 2 is 1.96 bits per heavy atom. The van der Waals surface area contributed by atoms with Gasteiger partial charge in [-0.2, -0.15) is 0 Å². The van der Waals surface area contributed by atoms with Crippen molar-refractivity contribution in [1.82, 2.24) is 10.2 Å². The zero-order valence-electron chi connectivity index (χ0n) is 15.8. The van der Waals surface area contributed by atoms with Gasteiger partial charge in [-0.15, -0.1) is 0 Å². The summed E-state index contributed by atoms with van der Waals surface area (Å²) in [6, 6.07) is 7.69. The molecule has 0 bridgehead atoms. The van der Waals surface area contributed by atoms with E-state index >= 15 is 0 Å². The molecule has 1 aromatic rings. The molecule has 25 heavy (non-hydrogen) atoms. The summed E-state index contributed by atoms with van der Waals surface area (Å²) in [4.78, 5) is 26.8. The van der Waals surface area contributed by atoms with E-state index in [0.717, 1.165) is 30.6 Å². The minimum absolute atomic E-state index is 0.0414. The number of carbonyl (C=O) groups is 2. The maximum Gasteiger partial charge on any atom is 0.239 e. The number of anilines is 1. The second kappa shape index (κ2) is 8.99. The topological polar surface area (TPSA) is 61.4 Å². The highest BCUT2D eigenvalue weighted by Gasteiger charge is 2.27. The van der Waals surface area contributed by atoms with E-state index in [-0.39, 0.29) is 23.9 Å². The molecule has 1 aliphatic heterocycles. The normalized spacial score (nSPS) is 20.0. The molecule has 3 atom stereocenters. The fourth-order valence-electron chi connectivity index (χ4n) is 3.42. The first kappa shape index (κ1) is 19.4. The van der Waals surface area contributed by atoms with E-state index in [1.807, 2.05) is 49.9 Å². The number of nitrogens with zero attached hydrogens (tertiary/aromatic N) is 1. The van der Waals surface area contributed by atoms with Crippen LogP contribution in [0.1, 0.15) is 52.0 Å². The molecular weight excluding hydrogens is 314 g/mol. The molecular formula is C20H31N3O2. The Labute approximate surface area is 151 Å². The Kier molecular flexibility index (Phi) is 7.00. The van der Waals surface area contributed by atoms with Gasteiger partial charge in [-0.25, -0.2) is 0 Å². The van der Waals surface area contributed by atoms with E-state index in [0.29, 0.717) is 12.5 Å². The maximum atomic E-state index is 12.6. The number of benzene rings is 1. The van der Waals surface area contributed by atoms with E-state index in [2.05, 4.69) is 17.6 Å². The number of likely N-dealkylation sites (tertiary alicyclic amines) is 1. The van der Waals surface area contributed by atoms with Crippen molar-refractivity contribution in [3.8, 4) is 0 Å². The van der Waals surface area contributed by atoms with Gasteiger partial charge in [0.05, 0.1) is 6.04 Å². The molecule has 1 fully saturated rings. The molecule has 0 spiro atoms. The molecule has 1 heterocycles. The summed E-state index contributed by atoms with van der Waals surface area (Å²) in [6.07, 6.45) is 3.69. The molecule has 0 unspecified atom stereocenters. The lowest BCUT2D eigenvalue weighted by molar-refractivity contribution is -0.136. The van der Waals surface area contributed by atoms with Crippen molar-refractivity contribution in [3.05, 3.63) is 29.8 Å². The molecule has 0 radical (unpaired) electrons. The van der Waals surface area contributed by atoms with Crippen LogP contribution in [0.2, 0.25) is 0 Å². The number of hydrogen-bond donors (Lipinski definition) is 2. The number of amides is 2. The van der Waals surface area contributed by atoms with Gasteiger partial charge in [-0.3, -0.25) is 9.59 Å². The Hall–Kier alpha value is -1.88. The van der Waals surface area contributed by atoms with Crippen molar-refractivity contribution in [2.75, 3.05) is 11.9 Å². The summed E-state index contributed by atoms with van der Waals surface area (Å²) in [7, 11) is 0. The Bertz CT molecular complexity index is 602. The fourth-order valence-corrected chi connectivity index (χ4v) is 3.42. The first-order chi connectivity index (χ1) is 11.9. The van der Waals surface area contributed by atoms with Crippen molar-refractivity contribution in [3.63, 3.8) is 0 Å². The SMILES string of the molecule is Cc1ccccc1NC(=O)C[C@H](C)N[C@@H](C)C(=O)N1CCCC[C@H]1C. The average molecular weight is 345 g/mol. The highest BCUT2D eigenvalue weighted by molar-refractivity contribution is 5.91. The van der Waals surface area contributed by atoms with Crippen LogP contribution in [0.25, 0.3) is 0 Å². The van der Waals surface area contributed by atoms with Crippen LogP contribution in [0.4, 0.5) is 5.69 Å². The van der Waals surface area contributed by atoms with E-state index in [1.54, 1.807) is 0 Å². The fraction of sp³-hybridized carbons (Fsp3) is 0.600. The summed E-state index contributed by atoms with van der Waals surface area (Å²) in [5.41, 5.74) is 1.88. The lowest BCUT2D eigenvalue weighted by Crippen LogP contribution is -2.52. The van der Waals surface area contributed by atoms with Crippen LogP contribution in [-0.4, -0.2) is 41.4 Å². The number of para-hydroxylation sites is 1. The minimum Gasteiger partial charge on any atom is -0.339 e. The average Bonchev–Trinajstić information content (AvgIpc) is 2.56. The Morgan fingerprint density at radius 1 is 1.24 bits per heavy atom. The first-order valence-electron chi connectivity index (χ1n) is 9.30. The van der Waals surface area contributed by atoms with Gasteiger partial charge in [0.15, 0.2) is 0 Å². The van der Waals surface area contributed by atoms with Gasteiger partial charge in [-0.05, 0) is 58.6 Å². The molecule has 138 valence electrons. The monoisotopic (exact) mass is 345 g/mol. The first-order valence-corrected chi connectivity index (χ1v) is 9.30. The minimum atomic E-state index is -0.276. The highest BCUT2D eigenvalue weighted by Crippen LogP contribution is 2.17. The van der Waals surface area contributed by atoms with E-state index < -0.39 is 0 Å². The molecule has 5 nitrogen and oxygen atoms in total. The van der Waals surface area contributed by atoms with Gasteiger partial charge in [-0.1, -0.05) is 18.2 Å². The van der Waals surface area contributed by atoms with Crippen LogP contribution in [0.3, 0.4) is 0 Å². The molecule has 0 saturated carbocycles. The van der Waals surface area contributed by atoms with Crippen LogP contribution in [0.5, 0.6) is 0 Å². The lowest BCUT2D eigenvalue weighted by Gasteiger charge is -2.36. The molecule has 0 aliphatic carbocycles. The number of rotatable bonds is 6. The Morgan fingerprint density at radius 3 is 2.64 bits per heavy atom. The Balaban J connectivity index is 1.82. The third kappa shape index (κ3) is 5.56. The number of nitrogens with one attached hydrogen (secondary N) is 2. The third-order valence-corrected chi connectivity index (χ3v) is 4.90. The van der Waals surface area contributed by atoms with Gasteiger partial charge >= 0.3 is 0 Å². The largest absolute Gasteiger partial charge is 0.339 e. The molecule has 5 heteroatoms. The maximum absolute atomic E-state index is 12.6.